The van der Waals surface area contributed by atoms with Crippen molar-refractivity contribution < 1.29 is 29.3 Å². The van der Waals surface area contributed by atoms with Gasteiger partial charge in [-0.2, -0.15) is 0 Å². The van der Waals surface area contributed by atoms with Crippen LogP contribution in [0.4, 0.5) is 4.39 Å². The number of carboxylic acid groups (broad SMARTS) is 1. The first-order valence-corrected chi connectivity index (χ1v) is 5.03. The standard InChI is InChI=1S/C11H12FNO5/c1-5(14)9(11(17)18)13-10(16)7-3-2-6(12)4-8(7)15/h2-5,9,14-15H,1H3,(H,13,16)(H,17,18). The van der Waals surface area contributed by atoms with E-state index in [1.165, 1.54) is 6.92 Å². The molecule has 4 N–H and O–H groups in total. The Balaban J connectivity index is 2.91. The molecule has 1 amide bonds. The molecule has 0 aliphatic heterocycles. The molecule has 2 atom stereocenters. The van der Waals surface area contributed by atoms with Crippen LogP contribution in [0.25, 0.3) is 0 Å². The van der Waals surface area contributed by atoms with E-state index in [1.807, 2.05) is 5.32 Å². The average Bonchev–Trinajstić information content (AvgIpc) is 2.24. The van der Waals surface area contributed by atoms with Crippen molar-refractivity contribution in [1.82, 2.24) is 5.32 Å². The second kappa shape index (κ2) is 5.46. The number of carbonyl (C=O) groups excluding carboxylic acids is 1. The molecule has 18 heavy (non-hydrogen) atoms. The minimum atomic E-state index is -1.51. The molecule has 0 aromatic heterocycles. The first-order chi connectivity index (χ1) is 8.32. The fourth-order valence-corrected chi connectivity index (χ4v) is 1.30. The molecule has 98 valence electrons. The van der Waals surface area contributed by atoms with Gasteiger partial charge >= 0.3 is 5.97 Å². The monoisotopic (exact) mass is 257 g/mol. The van der Waals surface area contributed by atoms with Gasteiger partial charge in [0.2, 0.25) is 0 Å². The van der Waals surface area contributed by atoms with Crippen LogP contribution in [0.3, 0.4) is 0 Å². The number of aliphatic carboxylic acids is 1. The van der Waals surface area contributed by atoms with E-state index < -0.39 is 35.6 Å². The molecular formula is C11H12FNO5. The molecule has 1 aromatic rings. The molecule has 0 fully saturated rings. The van der Waals surface area contributed by atoms with Crippen molar-refractivity contribution in [2.45, 2.75) is 19.1 Å². The molecule has 0 spiro atoms. The summed E-state index contributed by atoms with van der Waals surface area (Å²) in [6.07, 6.45) is -1.31. The number of phenolic OH excluding ortho intramolecular Hbond substituents is 1. The number of aliphatic hydroxyl groups excluding tert-OH is 1. The third-order valence-electron chi connectivity index (χ3n) is 2.24. The van der Waals surface area contributed by atoms with Crippen molar-refractivity contribution in [3.8, 4) is 5.75 Å². The minimum absolute atomic E-state index is 0.275. The number of aliphatic hydroxyl groups is 1. The fraction of sp³-hybridized carbons (Fsp3) is 0.273. The maximum Gasteiger partial charge on any atom is 0.328 e. The zero-order chi connectivity index (χ0) is 13.9. The molecule has 6 nitrogen and oxygen atoms in total. The number of rotatable bonds is 4. The van der Waals surface area contributed by atoms with Crippen LogP contribution < -0.4 is 5.32 Å². The van der Waals surface area contributed by atoms with Crippen LogP contribution in [0.2, 0.25) is 0 Å². The lowest BCUT2D eigenvalue weighted by atomic mass is 10.1. The molecular weight excluding hydrogens is 245 g/mol. The normalized spacial score (nSPS) is 13.7. The number of amides is 1. The van der Waals surface area contributed by atoms with Crippen molar-refractivity contribution in [2.75, 3.05) is 0 Å². The van der Waals surface area contributed by atoms with Gasteiger partial charge in [0, 0.05) is 6.07 Å². The van der Waals surface area contributed by atoms with Crippen LogP contribution >= 0.6 is 0 Å². The third kappa shape index (κ3) is 3.17. The molecule has 0 bridgehead atoms. The van der Waals surface area contributed by atoms with E-state index >= 15 is 0 Å². The van der Waals surface area contributed by atoms with Crippen molar-refractivity contribution in [2.24, 2.45) is 0 Å². The highest BCUT2D eigenvalue weighted by atomic mass is 19.1. The maximum absolute atomic E-state index is 12.7. The molecule has 0 radical (unpaired) electrons. The Bertz CT molecular complexity index is 475. The third-order valence-corrected chi connectivity index (χ3v) is 2.24. The van der Waals surface area contributed by atoms with Crippen LogP contribution in [-0.2, 0) is 4.79 Å². The Morgan fingerprint density at radius 2 is 2.00 bits per heavy atom. The number of carboxylic acids is 1. The largest absolute Gasteiger partial charge is 0.507 e. The predicted octanol–water partition coefficient (Wildman–Crippen LogP) is 0.0951. The fourth-order valence-electron chi connectivity index (χ4n) is 1.30. The lowest BCUT2D eigenvalue weighted by molar-refractivity contribution is -0.141. The Hall–Kier alpha value is -2.15. The Morgan fingerprint density at radius 1 is 1.39 bits per heavy atom. The Kier molecular flexibility index (Phi) is 4.22. The summed E-state index contributed by atoms with van der Waals surface area (Å²) in [5.74, 6) is -3.67. The van der Waals surface area contributed by atoms with Crippen LogP contribution in [0.1, 0.15) is 17.3 Å². The van der Waals surface area contributed by atoms with Crippen molar-refractivity contribution >= 4 is 11.9 Å². The molecule has 0 aliphatic carbocycles. The number of aromatic hydroxyl groups is 1. The lowest BCUT2D eigenvalue weighted by Gasteiger charge is -2.17. The summed E-state index contributed by atoms with van der Waals surface area (Å²) in [6.45, 7) is 1.20. The van der Waals surface area contributed by atoms with E-state index in [-0.39, 0.29) is 5.56 Å². The zero-order valence-corrected chi connectivity index (χ0v) is 9.42. The van der Waals surface area contributed by atoms with Crippen LogP contribution in [0.5, 0.6) is 5.75 Å². The summed E-state index contributed by atoms with van der Waals surface area (Å²) >= 11 is 0. The van der Waals surface area contributed by atoms with Gasteiger partial charge in [-0.25, -0.2) is 9.18 Å². The topological polar surface area (TPSA) is 107 Å². The van der Waals surface area contributed by atoms with Gasteiger partial charge in [-0.3, -0.25) is 4.79 Å². The van der Waals surface area contributed by atoms with Crippen molar-refractivity contribution in [3.05, 3.63) is 29.6 Å². The van der Waals surface area contributed by atoms with E-state index in [0.717, 1.165) is 18.2 Å². The van der Waals surface area contributed by atoms with Crippen LogP contribution in [0.15, 0.2) is 18.2 Å². The highest BCUT2D eigenvalue weighted by molar-refractivity contribution is 5.98. The summed E-state index contributed by atoms with van der Waals surface area (Å²) in [4.78, 5) is 22.4. The molecule has 1 aromatic carbocycles. The van der Waals surface area contributed by atoms with E-state index in [9.17, 15) is 24.2 Å². The zero-order valence-electron chi connectivity index (χ0n) is 9.42. The second-order valence-electron chi connectivity index (χ2n) is 3.69. The number of phenols is 1. The number of hydrogen-bond acceptors (Lipinski definition) is 4. The summed E-state index contributed by atoms with van der Waals surface area (Å²) in [5.41, 5.74) is -0.275. The van der Waals surface area contributed by atoms with E-state index in [1.54, 1.807) is 0 Å². The summed E-state index contributed by atoms with van der Waals surface area (Å²) in [7, 11) is 0. The van der Waals surface area contributed by atoms with E-state index in [0.29, 0.717) is 0 Å². The highest BCUT2D eigenvalue weighted by Gasteiger charge is 2.26. The molecule has 0 saturated heterocycles. The molecule has 0 saturated carbocycles. The lowest BCUT2D eigenvalue weighted by Crippen LogP contribution is -2.47. The number of benzene rings is 1. The first kappa shape index (κ1) is 13.9. The Morgan fingerprint density at radius 3 is 2.44 bits per heavy atom. The second-order valence-corrected chi connectivity index (χ2v) is 3.69. The van der Waals surface area contributed by atoms with Gasteiger partial charge in [-0.15, -0.1) is 0 Å². The van der Waals surface area contributed by atoms with Crippen molar-refractivity contribution in [3.63, 3.8) is 0 Å². The number of carbonyl (C=O) groups is 2. The predicted molar refractivity (Wildman–Crippen MR) is 58.6 cm³/mol. The van der Waals surface area contributed by atoms with Gasteiger partial charge in [-0.1, -0.05) is 0 Å². The summed E-state index contributed by atoms with van der Waals surface area (Å²) in [6, 6.07) is 1.18. The molecule has 7 heteroatoms. The van der Waals surface area contributed by atoms with Crippen LogP contribution in [0, 0.1) is 5.82 Å². The molecule has 0 heterocycles. The number of hydrogen-bond donors (Lipinski definition) is 4. The van der Waals surface area contributed by atoms with Gasteiger partial charge in [0.05, 0.1) is 11.7 Å². The number of halogens is 1. The van der Waals surface area contributed by atoms with Gasteiger partial charge in [0.15, 0.2) is 6.04 Å². The van der Waals surface area contributed by atoms with Crippen molar-refractivity contribution in [1.29, 1.82) is 0 Å². The smallest absolute Gasteiger partial charge is 0.328 e. The maximum atomic E-state index is 12.7. The van der Waals surface area contributed by atoms with Gasteiger partial charge in [-0.05, 0) is 19.1 Å². The summed E-state index contributed by atoms with van der Waals surface area (Å²) < 4.78 is 12.7. The quantitative estimate of drug-likeness (QED) is 0.611. The van der Waals surface area contributed by atoms with Gasteiger partial charge < -0.3 is 20.6 Å². The van der Waals surface area contributed by atoms with Crippen LogP contribution in [-0.4, -0.2) is 39.3 Å². The highest BCUT2D eigenvalue weighted by Crippen LogP contribution is 2.18. The summed E-state index contributed by atoms with van der Waals surface area (Å²) in [5, 5.41) is 29.3. The van der Waals surface area contributed by atoms with E-state index in [4.69, 9.17) is 5.11 Å². The van der Waals surface area contributed by atoms with E-state index in [2.05, 4.69) is 0 Å². The first-order valence-electron chi connectivity index (χ1n) is 5.03. The Labute approximate surface area is 102 Å². The SMILES string of the molecule is CC(O)C(NC(=O)c1ccc(F)cc1O)C(=O)O. The van der Waals surface area contributed by atoms with Gasteiger partial charge in [0.1, 0.15) is 11.6 Å². The average molecular weight is 257 g/mol. The molecule has 1 rings (SSSR count). The number of nitrogens with one attached hydrogen (secondary N) is 1. The van der Waals surface area contributed by atoms with Gasteiger partial charge in [0.25, 0.3) is 5.91 Å². The molecule has 2 unspecified atom stereocenters. The molecule has 0 aliphatic rings. The minimum Gasteiger partial charge on any atom is -0.507 e.